The second-order valence-electron chi connectivity index (χ2n) is 3.28. The molecule has 0 aromatic heterocycles. The summed E-state index contributed by atoms with van der Waals surface area (Å²) in [6.07, 6.45) is 0. The molecule has 1 unspecified atom stereocenters. The first-order valence-electron chi connectivity index (χ1n) is 4.58. The van der Waals surface area contributed by atoms with Crippen molar-refractivity contribution in [3.8, 4) is 6.07 Å². The molecule has 0 heterocycles. The fourth-order valence-corrected chi connectivity index (χ4v) is 2.72. The average molecular weight is 259 g/mol. The second-order valence-corrected chi connectivity index (χ2v) is 5.28. The van der Waals surface area contributed by atoms with E-state index >= 15 is 0 Å². The van der Waals surface area contributed by atoms with E-state index in [1.807, 2.05) is 6.07 Å². The van der Waals surface area contributed by atoms with Crippen molar-refractivity contribution < 1.29 is 8.42 Å². The molecular weight excluding hydrogens is 248 g/mol. The number of sulfonamides is 1. The minimum absolute atomic E-state index is 0.0190. The van der Waals surface area contributed by atoms with Crippen LogP contribution >= 0.6 is 11.6 Å². The highest BCUT2D eigenvalue weighted by molar-refractivity contribution is 7.89. The molecule has 1 N–H and O–H groups in total. The third-order valence-electron chi connectivity index (χ3n) is 1.88. The van der Waals surface area contributed by atoms with E-state index < -0.39 is 10.0 Å². The predicted molar refractivity (Wildman–Crippen MR) is 61.7 cm³/mol. The lowest BCUT2D eigenvalue weighted by atomic mass is 10.2. The van der Waals surface area contributed by atoms with Crippen LogP contribution in [0.1, 0.15) is 12.5 Å². The molecule has 0 spiro atoms. The SMILES string of the molecule is CC(CCl)NS(=O)(=O)c1ccccc1C#N. The molecule has 86 valence electrons. The van der Waals surface area contributed by atoms with Crippen LogP contribution < -0.4 is 4.72 Å². The Morgan fingerprint density at radius 2 is 2.12 bits per heavy atom. The highest BCUT2D eigenvalue weighted by Crippen LogP contribution is 2.14. The number of alkyl halides is 1. The zero-order chi connectivity index (χ0) is 12.2. The number of halogens is 1. The maximum Gasteiger partial charge on any atom is 0.242 e. The van der Waals surface area contributed by atoms with Crippen molar-refractivity contribution in [1.29, 1.82) is 5.26 Å². The summed E-state index contributed by atoms with van der Waals surface area (Å²) in [6.45, 7) is 1.65. The lowest BCUT2D eigenvalue weighted by Crippen LogP contribution is -2.34. The number of benzene rings is 1. The summed E-state index contributed by atoms with van der Waals surface area (Å²) in [5, 5.41) is 8.80. The van der Waals surface area contributed by atoms with E-state index in [1.54, 1.807) is 19.1 Å². The molecule has 1 aromatic rings. The summed E-state index contributed by atoms with van der Waals surface area (Å²) < 4.78 is 26.1. The van der Waals surface area contributed by atoms with E-state index in [-0.39, 0.29) is 22.4 Å². The van der Waals surface area contributed by atoms with Gasteiger partial charge in [-0.3, -0.25) is 0 Å². The minimum Gasteiger partial charge on any atom is -0.207 e. The van der Waals surface area contributed by atoms with Gasteiger partial charge in [-0.05, 0) is 19.1 Å². The molecule has 0 aliphatic rings. The molecule has 0 bridgehead atoms. The van der Waals surface area contributed by atoms with Crippen LogP contribution in [0.5, 0.6) is 0 Å². The summed E-state index contributed by atoms with van der Waals surface area (Å²) in [5.74, 6) is 0.175. The number of nitriles is 1. The van der Waals surface area contributed by atoms with Crippen LogP contribution in [0.2, 0.25) is 0 Å². The average Bonchev–Trinajstić information content (AvgIpc) is 2.28. The molecule has 0 radical (unpaired) electrons. The van der Waals surface area contributed by atoms with Crippen LogP contribution in [-0.2, 0) is 10.0 Å². The lowest BCUT2D eigenvalue weighted by molar-refractivity contribution is 0.570. The summed E-state index contributed by atoms with van der Waals surface area (Å²) in [6, 6.07) is 7.50. The van der Waals surface area contributed by atoms with E-state index in [0.29, 0.717) is 0 Å². The third kappa shape index (κ3) is 2.95. The highest BCUT2D eigenvalue weighted by atomic mass is 35.5. The molecule has 4 nitrogen and oxygen atoms in total. The molecule has 0 amide bonds. The summed E-state index contributed by atoms with van der Waals surface area (Å²) in [7, 11) is -3.67. The van der Waals surface area contributed by atoms with Crippen molar-refractivity contribution in [2.45, 2.75) is 17.9 Å². The number of rotatable bonds is 4. The van der Waals surface area contributed by atoms with Gasteiger partial charge in [0, 0.05) is 11.9 Å². The Morgan fingerprint density at radius 1 is 1.50 bits per heavy atom. The van der Waals surface area contributed by atoms with E-state index in [0.717, 1.165) is 0 Å². The third-order valence-corrected chi connectivity index (χ3v) is 4.00. The summed E-state index contributed by atoms with van der Waals surface area (Å²) >= 11 is 5.53. The summed E-state index contributed by atoms with van der Waals surface area (Å²) in [4.78, 5) is -0.0190. The van der Waals surface area contributed by atoms with Gasteiger partial charge in [-0.2, -0.15) is 5.26 Å². The monoisotopic (exact) mass is 258 g/mol. The molecule has 0 fully saturated rings. The van der Waals surface area contributed by atoms with Gasteiger partial charge in [-0.15, -0.1) is 11.6 Å². The van der Waals surface area contributed by atoms with Gasteiger partial charge in [-0.25, -0.2) is 13.1 Å². The van der Waals surface area contributed by atoms with Gasteiger partial charge in [0.2, 0.25) is 10.0 Å². The Kier molecular flexibility index (Phi) is 4.30. The molecule has 0 aliphatic carbocycles. The maximum atomic E-state index is 11.9. The van der Waals surface area contributed by atoms with Gasteiger partial charge < -0.3 is 0 Å². The van der Waals surface area contributed by atoms with Gasteiger partial charge in [0.1, 0.15) is 6.07 Å². The maximum absolute atomic E-state index is 11.9. The van der Waals surface area contributed by atoms with Crippen LogP contribution in [0.25, 0.3) is 0 Å². The molecule has 16 heavy (non-hydrogen) atoms. The molecule has 1 atom stereocenters. The highest BCUT2D eigenvalue weighted by Gasteiger charge is 2.19. The zero-order valence-electron chi connectivity index (χ0n) is 8.64. The number of hydrogen-bond donors (Lipinski definition) is 1. The van der Waals surface area contributed by atoms with Gasteiger partial charge in [0.05, 0.1) is 10.5 Å². The molecular formula is C10H11ClN2O2S. The van der Waals surface area contributed by atoms with Crippen LogP contribution in [0.15, 0.2) is 29.2 Å². The summed E-state index contributed by atoms with van der Waals surface area (Å²) in [5.41, 5.74) is 0.122. The van der Waals surface area contributed by atoms with E-state index in [2.05, 4.69) is 4.72 Å². The van der Waals surface area contributed by atoms with Crippen LogP contribution in [-0.4, -0.2) is 20.3 Å². The Hall–Kier alpha value is -1.09. The molecule has 6 heteroatoms. The largest absolute Gasteiger partial charge is 0.242 e. The zero-order valence-corrected chi connectivity index (χ0v) is 10.2. The van der Waals surface area contributed by atoms with E-state index in [1.165, 1.54) is 12.1 Å². The van der Waals surface area contributed by atoms with Gasteiger partial charge >= 0.3 is 0 Å². The predicted octanol–water partition coefficient (Wildman–Crippen LogP) is 1.46. The Labute approximate surface area is 99.9 Å². The molecule has 0 saturated carbocycles. The fourth-order valence-electron chi connectivity index (χ4n) is 1.15. The Balaban J connectivity index is 3.13. The Morgan fingerprint density at radius 3 is 2.69 bits per heavy atom. The molecule has 0 aliphatic heterocycles. The van der Waals surface area contributed by atoms with Crippen molar-refractivity contribution in [1.82, 2.24) is 4.72 Å². The van der Waals surface area contributed by atoms with Crippen LogP contribution in [0.4, 0.5) is 0 Å². The number of nitrogens with one attached hydrogen (secondary N) is 1. The number of nitrogens with zero attached hydrogens (tertiary/aromatic N) is 1. The standard InChI is InChI=1S/C10H11ClN2O2S/c1-8(6-11)13-16(14,15)10-5-3-2-4-9(10)7-12/h2-5,8,13H,6H2,1H3. The van der Waals surface area contributed by atoms with E-state index in [4.69, 9.17) is 16.9 Å². The number of hydrogen-bond acceptors (Lipinski definition) is 3. The first-order valence-corrected chi connectivity index (χ1v) is 6.60. The molecule has 0 saturated heterocycles. The molecule has 1 aromatic carbocycles. The van der Waals surface area contributed by atoms with Gasteiger partial charge in [0.15, 0.2) is 0 Å². The first kappa shape index (κ1) is 13.0. The first-order chi connectivity index (χ1) is 7.51. The lowest BCUT2D eigenvalue weighted by Gasteiger charge is -2.11. The van der Waals surface area contributed by atoms with Gasteiger partial charge in [0.25, 0.3) is 0 Å². The minimum atomic E-state index is -3.67. The van der Waals surface area contributed by atoms with Gasteiger partial charge in [-0.1, -0.05) is 12.1 Å². The van der Waals surface area contributed by atoms with Crippen LogP contribution in [0.3, 0.4) is 0 Å². The topological polar surface area (TPSA) is 70.0 Å². The van der Waals surface area contributed by atoms with Crippen LogP contribution in [0, 0.1) is 11.3 Å². The van der Waals surface area contributed by atoms with Crippen molar-refractivity contribution in [2.24, 2.45) is 0 Å². The van der Waals surface area contributed by atoms with E-state index in [9.17, 15) is 8.42 Å². The van der Waals surface area contributed by atoms with Crippen molar-refractivity contribution in [3.63, 3.8) is 0 Å². The quantitative estimate of drug-likeness (QED) is 0.832. The smallest absolute Gasteiger partial charge is 0.207 e. The van der Waals surface area contributed by atoms with Crippen molar-refractivity contribution >= 4 is 21.6 Å². The van der Waals surface area contributed by atoms with Crippen molar-refractivity contribution in [3.05, 3.63) is 29.8 Å². The molecule has 1 rings (SSSR count). The normalized spacial score (nSPS) is 13.1. The Bertz CT molecular complexity index is 508. The van der Waals surface area contributed by atoms with Crippen molar-refractivity contribution in [2.75, 3.05) is 5.88 Å². The second kappa shape index (κ2) is 5.30. The fraction of sp³-hybridized carbons (Fsp3) is 0.300.